The zero-order valence-corrected chi connectivity index (χ0v) is 15.1. The standard InChI is InChI=1S/C20H15IN2O/c21-14-10-12-15(13-11-14)22-19-17-8-4-5-9-18(17)23(20(19)24)16-6-2-1-3-7-16/h1-6,8-13,16H,7H2/b22-19-. The second-order valence-corrected chi connectivity index (χ2v) is 6.99. The minimum Gasteiger partial charge on any atom is -0.299 e. The van der Waals surface area contributed by atoms with Gasteiger partial charge >= 0.3 is 0 Å². The molecule has 118 valence electrons. The second kappa shape index (κ2) is 6.36. The monoisotopic (exact) mass is 426 g/mol. The van der Waals surface area contributed by atoms with Crippen LogP contribution in [0.25, 0.3) is 0 Å². The van der Waals surface area contributed by atoms with Crippen molar-refractivity contribution >= 4 is 45.6 Å². The maximum atomic E-state index is 13.1. The topological polar surface area (TPSA) is 32.7 Å². The fourth-order valence-corrected chi connectivity index (χ4v) is 3.42. The molecule has 1 heterocycles. The van der Waals surface area contributed by atoms with Crippen molar-refractivity contribution in [2.75, 3.05) is 4.90 Å². The molecule has 4 heteroatoms. The third-order valence-electron chi connectivity index (χ3n) is 4.20. The van der Waals surface area contributed by atoms with Crippen molar-refractivity contribution in [3.05, 3.63) is 82.0 Å². The highest BCUT2D eigenvalue weighted by Gasteiger charge is 2.37. The predicted octanol–water partition coefficient (Wildman–Crippen LogP) is 4.64. The quantitative estimate of drug-likeness (QED) is 0.644. The summed E-state index contributed by atoms with van der Waals surface area (Å²) in [5.74, 6) is -0.0281. The molecule has 4 rings (SSSR count). The number of hydrogen-bond donors (Lipinski definition) is 0. The highest BCUT2D eigenvalue weighted by molar-refractivity contribution is 14.1. The van der Waals surface area contributed by atoms with Crippen molar-refractivity contribution in [2.45, 2.75) is 12.5 Å². The van der Waals surface area contributed by atoms with Crippen LogP contribution in [-0.2, 0) is 4.79 Å². The lowest BCUT2D eigenvalue weighted by molar-refractivity contribution is -0.112. The van der Waals surface area contributed by atoms with E-state index >= 15 is 0 Å². The lowest BCUT2D eigenvalue weighted by Gasteiger charge is -2.26. The van der Waals surface area contributed by atoms with Gasteiger partial charge in [-0.3, -0.25) is 9.69 Å². The number of para-hydroxylation sites is 1. The number of fused-ring (bicyclic) bond motifs is 1. The summed E-state index contributed by atoms with van der Waals surface area (Å²) in [7, 11) is 0. The molecule has 2 aliphatic rings. The van der Waals surface area contributed by atoms with Gasteiger partial charge in [-0.15, -0.1) is 0 Å². The van der Waals surface area contributed by atoms with Crippen molar-refractivity contribution in [1.82, 2.24) is 0 Å². The SMILES string of the molecule is O=C1/C(=N\c2ccc(I)cc2)c2ccccc2N1C1C=CC=CC1. The van der Waals surface area contributed by atoms with Gasteiger partial charge in [-0.05, 0) is 59.3 Å². The Morgan fingerprint density at radius 3 is 2.58 bits per heavy atom. The molecule has 1 unspecified atom stereocenters. The Morgan fingerprint density at radius 1 is 1.04 bits per heavy atom. The van der Waals surface area contributed by atoms with E-state index in [-0.39, 0.29) is 11.9 Å². The molecule has 0 radical (unpaired) electrons. The van der Waals surface area contributed by atoms with Crippen LogP contribution in [-0.4, -0.2) is 17.7 Å². The molecule has 3 nitrogen and oxygen atoms in total. The Hall–Kier alpha value is -2.21. The fraction of sp³-hybridized carbons (Fsp3) is 0.100. The summed E-state index contributed by atoms with van der Waals surface area (Å²) in [6, 6.07) is 15.8. The molecule has 24 heavy (non-hydrogen) atoms. The average Bonchev–Trinajstić information content (AvgIpc) is 2.90. The van der Waals surface area contributed by atoms with Crippen LogP contribution in [0.3, 0.4) is 0 Å². The van der Waals surface area contributed by atoms with E-state index in [0.29, 0.717) is 5.71 Å². The lowest BCUT2D eigenvalue weighted by atomic mass is 10.1. The first kappa shape index (κ1) is 15.3. The molecule has 1 amide bonds. The van der Waals surface area contributed by atoms with Gasteiger partial charge in [0.2, 0.25) is 0 Å². The van der Waals surface area contributed by atoms with Crippen LogP contribution < -0.4 is 4.90 Å². The van der Waals surface area contributed by atoms with E-state index < -0.39 is 0 Å². The Balaban J connectivity index is 1.79. The summed E-state index contributed by atoms with van der Waals surface area (Å²) in [5.41, 5.74) is 3.17. The van der Waals surface area contributed by atoms with E-state index in [9.17, 15) is 4.79 Å². The number of hydrogen-bond acceptors (Lipinski definition) is 2. The Labute approximate surface area is 154 Å². The number of carbonyl (C=O) groups excluding carboxylic acids is 1. The fourth-order valence-electron chi connectivity index (χ4n) is 3.06. The predicted molar refractivity (Wildman–Crippen MR) is 106 cm³/mol. The number of halogens is 1. The number of amides is 1. The van der Waals surface area contributed by atoms with Gasteiger partial charge in [-0.25, -0.2) is 4.99 Å². The van der Waals surface area contributed by atoms with Crippen LogP contribution in [0.15, 0.2) is 77.8 Å². The van der Waals surface area contributed by atoms with Crippen LogP contribution in [0.4, 0.5) is 11.4 Å². The molecule has 0 aromatic heterocycles. The highest BCUT2D eigenvalue weighted by Crippen LogP contribution is 2.34. The number of benzene rings is 2. The molecular weight excluding hydrogens is 411 g/mol. The molecule has 1 aliphatic heterocycles. The Kier molecular flexibility index (Phi) is 4.06. The van der Waals surface area contributed by atoms with Crippen LogP contribution >= 0.6 is 22.6 Å². The van der Waals surface area contributed by atoms with E-state index in [4.69, 9.17) is 0 Å². The van der Waals surface area contributed by atoms with Gasteiger partial charge in [0.15, 0.2) is 0 Å². The molecule has 2 aromatic carbocycles. The summed E-state index contributed by atoms with van der Waals surface area (Å²) in [6.07, 6.45) is 9.01. The van der Waals surface area contributed by atoms with Gasteiger partial charge in [0.25, 0.3) is 5.91 Å². The number of allylic oxidation sites excluding steroid dienone is 2. The molecule has 2 aromatic rings. The molecule has 0 N–H and O–H groups in total. The van der Waals surface area contributed by atoms with Crippen molar-refractivity contribution in [3.63, 3.8) is 0 Å². The number of nitrogens with zero attached hydrogens (tertiary/aromatic N) is 2. The van der Waals surface area contributed by atoms with Crippen LogP contribution in [0.1, 0.15) is 12.0 Å². The van der Waals surface area contributed by atoms with Gasteiger partial charge in [0, 0.05) is 9.13 Å². The van der Waals surface area contributed by atoms with Crippen LogP contribution in [0, 0.1) is 3.57 Å². The van der Waals surface area contributed by atoms with Crippen LogP contribution in [0.5, 0.6) is 0 Å². The normalized spacial score (nSPS) is 20.7. The first-order valence-corrected chi connectivity index (χ1v) is 8.92. The lowest BCUT2D eigenvalue weighted by Crippen LogP contribution is -2.38. The zero-order valence-electron chi connectivity index (χ0n) is 12.9. The third kappa shape index (κ3) is 2.71. The summed E-state index contributed by atoms with van der Waals surface area (Å²) in [4.78, 5) is 19.6. The van der Waals surface area contributed by atoms with Gasteiger partial charge in [0.1, 0.15) is 5.71 Å². The smallest absolute Gasteiger partial charge is 0.278 e. The van der Waals surface area contributed by atoms with Crippen molar-refractivity contribution in [3.8, 4) is 0 Å². The maximum Gasteiger partial charge on any atom is 0.278 e. The van der Waals surface area contributed by atoms with E-state index in [2.05, 4.69) is 39.7 Å². The van der Waals surface area contributed by atoms with Gasteiger partial charge < -0.3 is 0 Å². The van der Waals surface area contributed by atoms with E-state index in [1.807, 2.05) is 65.6 Å². The van der Waals surface area contributed by atoms with Crippen molar-refractivity contribution in [2.24, 2.45) is 4.99 Å². The molecule has 1 aliphatic carbocycles. The number of carbonyl (C=O) groups is 1. The molecule has 0 fully saturated rings. The average molecular weight is 426 g/mol. The largest absolute Gasteiger partial charge is 0.299 e. The van der Waals surface area contributed by atoms with Gasteiger partial charge in [-0.2, -0.15) is 0 Å². The van der Waals surface area contributed by atoms with Crippen molar-refractivity contribution < 1.29 is 4.79 Å². The van der Waals surface area contributed by atoms with E-state index in [1.54, 1.807) is 0 Å². The molecule has 0 spiro atoms. The Bertz CT molecular complexity index is 881. The molecule has 1 atom stereocenters. The minimum atomic E-state index is -0.0281. The van der Waals surface area contributed by atoms with Gasteiger partial charge in [0.05, 0.1) is 17.4 Å². The summed E-state index contributed by atoms with van der Waals surface area (Å²) < 4.78 is 1.15. The number of rotatable bonds is 2. The van der Waals surface area contributed by atoms with E-state index in [0.717, 1.165) is 26.9 Å². The third-order valence-corrected chi connectivity index (χ3v) is 4.92. The summed E-state index contributed by atoms with van der Waals surface area (Å²) >= 11 is 2.26. The molecular formula is C20H15IN2O. The summed E-state index contributed by atoms with van der Waals surface area (Å²) in [6.45, 7) is 0. The molecule has 0 saturated heterocycles. The second-order valence-electron chi connectivity index (χ2n) is 5.75. The first-order valence-electron chi connectivity index (χ1n) is 7.84. The molecule has 0 saturated carbocycles. The molecule has 0 bridgehead atoms. The minimum absolute atomic E-state index is 0.0281. The first-order chi connectivity index (χ1) is 11.7. The van der Waals surface area contributed by atoms with Crippen LogP contribution in [0.2, 0.25) is 0 Å². The Morgan fingerprint density at radius 2 is 1.83 bits per heavy atom. The highest BCUT2D eigenvalue weighted by atomic mass is 127. The zero-order chi connectivity index (χ0) is 16.5. The number of aliphatic imine (C=N–C) groups is 1. The summed E-state index contributed by atoms with van der Waals surface area (Å²) in [5, 5.41) is 0. The maximum absolute atomic E-state index is 13.1. The van der Waals surface area contributed by atoms with Crippen molar-refractivity contribution in [1.29, 1.82) is 0 Å². The number of anilines is 1. The van der Waals surface area contributed by atoms with Gasteiger partial charge in [-0.1, -0.05) is 42.5 Å². The van der Waals surface area contributed by atoms with E-state index in [1.165, 1.54) is 0 Å².